The van der Waals surface area contributed by atoms with Crippen molar-refractivity contribution in [3.63, 3.8) is 0 Å². The van der Waals surface area contributed by atoms with E-state index in [0.717, 1.165) is 46.8 Å². The van der Waals surface area contributed by atoms with Crippen molar-refractivity contribution in [1.29, 1.82) is 0 Å². The second kappa shape index (κ2) is 7.55. The number of nitrogens with one attached hydrogen (secondary N) is 1. The number of aryl methyl sites for hydroxylation is 3. The van der Waals surface area contributed by atoms with Crippen LogP contribution in [0.4, 0.5) is 0 Å². The van der Waals surface area contributed by atoms with Gasteiger partial charge in [-0.15, -0.1) is 0 Å². The Morgan fingerprint density at radius 1 is 1.48 bits per heavy atom. The summed E-state index contributed by atoms with van der Waals surface area (Å²) in [6.07, 6.45) is 1.90. The van der Waals surface area contributed by atoms with Crippen LogP contribution in [0.25, 0.3) is 0 Å². The van der Waals surface area contributed by atoms with Gasteiger partial charge in [0.1, 0.15) is 5.76 Å². The number of hydrogen-bond acceptors (Lipinski definition) is 3. The molecule has 0 aliphatic rings. The van der Waals surface area contributed by atoms with E-state index in [2.05, 4.69) is 22.3 Å². The lowest BCUT2D eigenvalue weighted by Gasteiger charge is -2.22. The second-order valence-electron chi connectivity index (χ2n) is 5.59. The lowest BCUT2D eigenvalue weighted by Crippen LogP contribution is -2.38. The van der Waals surface area contributed by atoms with Crippen LogP contribution in [0.15, 0.2) is 21.8 Å². The first-order valence-electron chi connectivity index (χ1n) is 7.64. The molecule has 0 atom stereocenters. The van der Waals surface area contributed by atoms with Crippen molar-refractivity contribution in [3.05, 3.63) is 40.0 Å². The third kappa shape index (κ3) is 4.28. The average molecular weight is 338 g/mol. The van der Waals surface area contributed by atoms with Gasteiger partial charge in [0, 0.05) is 38.1 Å². The van der Waals surface area contributed by atoms with Gasteiger partial charge in [0.15, 0.2) is 5.96 Å². The van der Waals surface area contributed by atoms with Gasteiger partial charge in [-0.1, -0.05) is 16.8 Å². The van der Waals surface area contributed by atoms with Crippen LogP contribution in [0.1, 0.15) is 29.6 Å². The summed E-state index contributed by atoms with van der Waals surface area (Å²) in [6, 6.07) is 1.97. The zero-order valence-electron chi connectivity index (χ0n) is 14.4. The molecule has 2 rings (SSSR count). The molecule has 2 heterocycles. The summed E-state index contributed by atoms with van der Waals surface area (Å²) < 4.78 is 7.22. The molecule has 2 aromatic rings. The molecule has 126 valence electrons. The van der Waals surface area contributed by atoms with Crippen LogP contribution in [0.3, 0.4) is 0 Å². The van der Waals surface area contributed by atoms with Crippen LogP contribution in [-0.2, 0) is 20.1 Å². The van der Waals surface area contributed by atoms with Crippen molar-refractivity contribution in [2.45, 2.75) is 33.9 Å². The number of aliphatic imine (C=N–C) groups is 1. The van der Waals surface area contributed by atoms with Gasteiger partial charge in [-0.25, -0.2) is 4.99 Å². The minimum Gasteiger partial charge on any atom is -0.361 e. The molecule has 0 aliphatic heterocycles. The molecule has 0 aliphatic carbocycles. The fraction of sp³-hybridized carbons (Fsp3) is 0.500. The van der Waals surface area contributed by atoms with Crippen molar-refractivity contribution in [2.24, 2.45) is 12.0 Å². The highest BCUT2D eigenvalue weighted by atomic mass is 35.5. The Morgan fingerprint density at radius 3 is 2.74 bits per heavy atom. The predicted molar refractivity (Wildman–Crippen MR) is 92.7 cm³/mol. The number of aromatic nitrogens is 2. The van der Waals surface area contributed by atoms with E-state index in [0.29, 0.717) is 6.54 Å². The molecule has 0 spiro atoms. The first-order chi connectivity index (χ1) is 10.9. The number of nitrogens with zero attached hydrogens (tertiary/aromatic N) is 4. The lowest BCUT2D eigenvalue weighted by molar-refractivity contribution is 0.392. The maximum Gasteiger partial charge on any atom is 0.194 e. The molecular formula is C16H24ClN5O. The summed E-state index contributed by atoms with van der Waals surface area (Å²) in [5, 5.41) is 8.03. The Bertz CT molecular complexity index is 669. The van der Waals surface area contributed by atoms with Crippen molar-refractivity contribution in [2.75, 3.05) is 13.6 Å². The first kappa shape index (κ1) is 17.4. The molecular weight excluding hydrogens is 314 g/mol. The van der Waals surface area contributed by atoms with E-state index in [1.54, 1.807) is 0 Å². The van der Waals surface area contributed by atoms with Crippen molar-refractivity contribution in [3.8, 4) is 0 Å². The molecule has 6 nitrogen and oxygen atoms in total. The van der Waals surface area contributed by atoms with Crippen molar-refractivity contribution < 1.29 is 4.52 Å². The monoisotopic (exact) mass is 337 g/mol. The van der Waals surface area contributed by atoms with E-state index in [1.807, 2.05) is 44.8 Å². The lowest BCUT2D eigenvalue weighted by atomic mass is 10.2. The van der Waals surface area contributed by atoms with Crippen LogP contribution in [-0.4, -0.2) is 34.2 Å². The van der Waals surface area contributed by atoms with E-state index in [9.17, 15) is 0 Å². The minimum atomic E-state index is 0.543. The van der Waals surface area contributed by atoms with Crippen molar-refractivity contribution >= 4 is 17.6 Å². The van der Waals surface area contributed by atoms with Gasteiger partial charge in [0.2, 0.25) is 0 Å². The number of rotatable bonds is 5. The van der Waals surface area contributed by atoms with Crippen LogP contribution < -0.4 is 5.32 Å². The maximum absolute atomic E-state index is 6.05. The standard InChI is InChI=1S/C16H24ClN5O/c1-6-18-16(19-8-15-11(2)20-23-12(15)3)22(5)10-14-7-13(17)9-21(14)4/h7,9H,6,8,10H2,1-5H3,(H,18,19). The summed E-state index contributed by atoms with van der Waals surface area (Å²) in [7, 11) is 4.00. The molecule has 0 unspecified atom stereocenters. The fourth-order valence-electron chi connectivity index (χ4n) is 2.39. The van der Waals surface area contributed by atoms with Gasteiger partial charge in [0.05, 0.1) is 23.8 Å². The Kier molecular flexibility index (Phi) is 5.71. The third-order valence-electron chi connectivity index (χ3n) is 3.74. The zero-order valence-corrected chi connectivity index (χ0v) is 15.1. The molecule has 0 aromatic carbocycles. The van der Waals surface area contributed by atoms with Gasteiger partial charge < -0.3 is 19.3 Å². The SMILES string of the molecule is CCNC(=NCc1c(C)noc1C)N(C)Cc1cc(Cl)cn1C. The molecule has 0 bridgehead atoms. The Hall–Kier alpha value is -1.95. The van der Waals surface area contributed by atoms with E-state index >= 15 is 0 Å². The largest absolute Gasteiger partial charge is 0.361 e. The van der Waals surface area contributed by atoms with Crippen LogP contribution in [0, 0.1) is 13.8 Å². The zero-order chi connectivity index (χ0) is 17.0. The highest BCUT2D eigenvalue weighted by Gasteiger charge is 2.12. The minimum absolute atomic E-state index is 0.543. The van der Waals surface area contributed by atoms with Gasteiger partial charge in [0.25, 0.3) is 0 Å². The van der Waals surface area contributed by atoms with Gasteiger partial charge >= 0.3 is 0 Å². The highest BCUT2D eigenvalue weighted by Crippen LogP contribution is 2.15. The number of halogens is 1. The third-order valence-corrected chi connectivity index (χ3v) is 3.94. The summed E-state index contributed by atoms with van der Waals surface area (Å²) in [6.45, 7) is 7.97. The molecule has 7 heteroatoms. The van der Waals surface area contributed by atoms with E-state index < -0.39 is 0 Å². The average Bonchev–Trinajstić information content (AvgIpc) is 2.97. The van der Waals surface area contributed by atoms with Crippen molar-refractivity contribution in [1.82, 2.24) is 19.9 Å². The van der Waals surface area contributed by atoms with Crippen LogP contribution in [0.2, 0.25) is 5.02 Å². The normalized spacial score (nSPS) is 11.8. The predicted octanol–water partition coefficient (Wildman–Crippen LogP) is 2.88. The Balaban J connectivity index is 2.13. The Labute approximate surface area is 142 Å². The smallest absolute Gasteiger partial charge is 0.194 e. The maximum atomic E-state index is 6.05. The molecule has 0 fully saturated rings. The van der Waals surface area contributed by atoms with Crippen LogP contribution in [0.5, 0.6) is 0 Å². The quantitative estimate of drug-likeness (QED) is 0.673. The van der Waals surface area contributed by atoms with E-state index in [-0.39, 0.29) is 0 Å². The van der Waals surface area contributed by atoms with E-state index in [4.69, 9.17) is 21.1 Å². The number of guanidine groups is 1. The summed E-state index contributed by atoms with van der Waals surface area (Å²) in [5.41, 5.74) is 3.05. The highest BCUT2D eigenvalue weighted by molar-refractivity contribution is 6.30. The van der Waals surface area contributed by atoms with Gasteiger partial charge in [-0.2, -0.15) is 0 Å². The summed E-state index contributed by atoms with van der Waals surface area (Å²) in [5.74, 6) is 1.66. The molecule has 0 saturated carbocycles. The molecule has 0 saturated heterocycles. The molecule has 1 N–H and O–H groups in total. The second-order valence-corrected chi connectivity index (χ2v) is 6.03. The molecule has 2 aromatic heterocycles. The molecule has 0 amide bonds. The summed E-state index contributed by atoms with van der Waals surface area (Å²) >= 11 is 6.05. The van der Waals surface area contributed by atoms with Gasteiger partial charge in [-0.3, -0.25) is 0 Å². The molecule has 23 heavy (non-hydrogen) atoms. The van der Waals surface area contributed by atoms with Crippen LogP contribution >= 0.6 is 11.6 Å². The molecule has 0 radical (unpaired) electrons. The summed E-state index contributed by atoms with van der Waals surface area (Å²) in [4.78, 5) is 6.78. The van der Waals surface area contributed by atoms with Gasteiger partial charge in [-0.05, 0) is 26.8 Å². The Morgan fingerprint density at radius 2 is 2.22 bits per heavy atom. The fourth-order valence-corrected chi connectivity index (χ4v) is 2.66. The topological polar surface area (TPSA) is 58.6 Å². The van der Waals surface area contributed by atoms with E-state index in [1.165, 1.54) is 0 Å². The number of hydrogen-bond donors (Lipinski definition) is 1. The first-order valence-corrected chi connectivity index (χ1v) is 8.02.